The number of nitrogens with one attached hydrogen (secondary N) is 1. The van der Waals surface area contributed by atoms with Gasteiger partial charge in [0.15, 0.2) is 5.82 Å². The molecule has 2 rings (SSSR count). The van der Waals surface area contributed by atoms with Crippen LogP contribution >= 0.6 is 15.9 Å². The Balaban J connectivity index is 2.64. The minimum absolute atomic E-state index is 0.283. The van der Waals surface area contributed by atoms with E-state index in [-0.39, 0.29) is 5.82 Å². The number of fused-ring (bicyclic) bond motifs is 1. The van der Waals surface area contributed by atoms with Gasteiger partial charge in [-0.05, 0) is 37.5 Å². The molecule has 0 aliphatic rings. The van der Waals surface area contributed by atoms with Crippen LogP contribution in [0.25, 0.3) is 10.9 Å². The number of pyridine rings is 1. The highest BCUT2D eigenvalue weighted by molar-refractivity contribution is 9.10. The first-order valence-corrected chi connectivity index (χ1v) is 7.33. The molecule has 1 aromatic carbocycles. The Labute approximate surface area is 121 Å². The maximum atomic E-state index is 14.1. The topological polar surface area (TPSA) is 24.9 Å². The van der Waals surface area contributed by atoms with Crippen molar-refractivity contribution in [2.24, 2.45) is 5.92 Å². The van der Waals surface area contributed by atoms with Gasteiger partial charge >= 0.3 is 0 Å². The second-order valence-electron chi connectivity index (χ2n) is 5.07. The minimum Gasteiger partial charge on any atom is -0.385 e. The molecule has 0 amide bonds. The fraction of sp³-hybridized carbons (Fsp3) is 0.400. The lowest BCUT2D eigenvalue weighted by molar-refractivity contribution is 0.625. The van der Waals surface area contributed by atoms with Crippen LogP contribution in [0.2, 0.25) is 0 Å². The van der Waals surface area contributed by atoms with E-state index >= 15 is 0 Å². The van der Waals surface area contributed by atoms with Crippen molar-refractivity contribution >= 4 is 32.5 Å². The van der Waals surface area contributed by atoms with Crippen molar-refractivity contribution in [3.8, 4) is 0 Å². The highest BCUT2D eigenvalue weighted by Gasteiger charge is 2.11. The maximum Gasteiger partial charge on any atom is 0.150 e. The summed E-state index contributed by atoms with van der Waals surface area (Å²) in [5.41, 5.74) is 2.32. The average Bonchev–Trinajstić information content (AvgIpc) is 2.30. The fourth-order valence-corrected chi connectivity index (χ4v) is 2.59. The van der Waals surface area contributed by atoms with E-state index in [4.69, 9.17) is 0 Å². The summed E-state index contributed by atoms with van der Waals surface area (Å²) in [4.78, 5) is 4.46. The summed E-state index contributed by atoms with van der Waals surface area (Å²) in [7, 11) is 0. The summed E-state index contributed by atoms with van der Waals surface area (Å²) in [5.74, 6) is 0.215. The molecule has 0 atom stereocenters. The Kier molecular flexibility index (Phi) is 4.40. The summed E-state index contributed by atoms with van der Waals surface area (Å²) in [6, 6.07) is 5.39. The monoisotopic (exact) mass is 324 g/mol. The Morgan fingerprint density at radius 2 is 2.05 bits per heavy atom. The molecular formula is C15H18BrFN2. The summed E-state index contributed by atoms with van der Waals surface area (Å²) in [6.07, 6.45) is 0.851. The van der Waals surface area contributed by atoms with Crippen LogP contribution in [0, 0.1) is 11.7 Å². The van der Waals surface area contributed by atoms with E-state index in [9.17, 15) is 4.39 Å². The lowest BCUT2D eigenvalue weighted by Crippen LogP contribution is -2.04. The summed E-state index contributed by atoms with van der Waals surface area (Å²) in [6.45, 7) is 7.10. The molecule has 1 heterocycles. The molecule has 4 heteroatoms. The predicted molar refractivity (Wildman–Crippen MR) is 82.1 cm³/mol. The average molecular weight is 325 g/mol. The van der Waals surface area contributed by atoms with Crippen LogP contribution in [0.15, 0.2) is 22.7 Å². The molecule has 2 aromatic rings. The van der Waals surface area contributed by atoms with Crippen molar-refractivity contribution in [1.29, 1.82) is 0 Å². The largest absolute Gasteiger partial charge is 0.385 e. The number of rotatable bonds is 4. The van der Waals surface area contributed by atoms with Gasteiger partial charge in [0, 0.05) is 27.8 Å². The lowest BCUT2D eigenvalue weighted by Gasteiger charge is -2.12. The number of nitrogens with zero attached hydrogens (tertiary/aromatic N) is 1. The number of benzene rings is 1. The van der Waals surface area contributed by atoms with Crippen LogP contribution in [0.3, 0.4) is 0 Å². The number of anilines is 1. The van der Waals surface area contributed by atoms with Gasteiger partial charge in [-0.1, -0.05) is 29.8 Å². The summed E-state index contributed by atoms with van der Waals surface area (Å²) < 4.78 is 14.8. The van der Waals surface area contributed by atoms with E-state index < -0.39 is 0 Å². The normalized spacial score (nSPS) is 11.3. The molecule has 0 aliphatic heterocycles. The molecule has 0 unspecified atom stereocenters. The zero-order chi connectivity index (χ0) is 14.0. The molecule has 0 radical (unpaired) electrons. The van der Waals surface area contributed by atoms with Crippen LogP contribution < -0.4 is 5.32 Å². The van der Waals surface area contributed by atoms with Gasteiger partial charge in [0.25, 0.3) is 0 Å². The molecule has 0 bridgehead atoms. The van der Waals surface area contributed by atoms with Crippen molar-refractivity contribution in [1.82, 2.24) is 4.98 Å². The fourth-order valence-electron chi connectivity index (χ4n) is 2.16. The Morgan fingerprint density at radius 3 is 2.68 bits per heavy atom. The molecule has 0 fully saturated rings. The van der Waals surface area contributed by atoms with Crippen molar-refractivity contribution in [2.45, 2.75) is 27.2 Å². The Bertz CT molecular complexity index is 596. The predicted octanol–water partition coefficient (Wildman–Crippen LogP) is 4.77. The Hall–Kier alpha value is -1.16. The molecule has 19 heavy (non-hydrogen) atoms. The molecule has 1 N–H and O–H groups in total. The molecule has 0 aliphatic carbocycles. The smallest absolute Gasteiger partial charge is 0.150 e. The van der Waals surface area contributed by atoms with Gasteiger partial charge in [0.05, 0.1) is 0 Å². The first kappa shape index (κ1) is 14.3. The van der Waals surface area contributed by atoms with Gasteiger partial charge in [-0.15, -0.1) is 0 Å². The van der Waals surface area contributed by atoms with Crippen molar-refractivity contribution < 1.29 is 4.39 Å². The maximum absolute atomic E-state index is 14.1. The first-order chi connectivity index (χ1) is 9.01. The number of hydrogen-bond acceptors (Lipinski definition) is 2. The van der Waals surface area contributed by atoms with E-state index in [2.05, 4.69) is 40.1 Å². The number of aromatic nitrogens is 1. The molecule has 102 valence electrons. The van der Waals surface area contributed by atoms with Crippen molar-refractivity contribution in [3.63, 3.8) is 0 Å². The van der Waals surface area contributed by atoms with Gasteiger partial charge < -0.3 is 5.32 Å². The molecule has 0 saturated carbocycles. The van der Waals surface area contributed by atoms with Crippen LogP contribution in [0.1, 0.15) is 26.5 Å². The van der Waals surface area contributed by atoms with Gasteiger partial charge in [0.2, 0.25) is 0 Å². The Morgan fingerprint density at radius 1 is 1.32 bits per heavy atom. The zero-order valence-electron chi connectivity index (χ0n) is 11.4. The molecular weight excluding hydrogens is 307 g/mol. The van der Waals surface area contributed by atoms with Crippen LogP contribution in [-0.4, -0.2) is 11.5 Å². The molecule has 1 aromatic heterocycles. The number of halogens is 2. The number of hydrogen-bond donors (Lipinski definition) is 1. The third kappa shape index (κ3) is 3.24. The van der Waals surface area contributed by atoms with Gasteiger partial charge in [0.1, 0.15) is 5.52 Å². The standard InChI is InChI=1S/C15H18BrFN2/c1-4-18-14-8-11(5-9(2)3)19-15-12(14)6-10(16)7-13(15)17/h6-9H,4-5H2,1-3H3,(H,18,19). The molecule has 0 saturated heterocycles. The van der Waals surface area contributed by atoms with E-state index in [1.165, 1.54) is 6.07 Å². The zero-order valence-corrected chi connectivity index (χ0v) is 13.0. The van der Waals surface area contributed by atoms with E-state index in [0.29, 0.717) is 11.4 Å². The lowest BCUT2D eigenvalue weighted by atomic mass is 10.1. The van der Waals surface area contributed by atoms with Crippen molar-refractivity contribution in [3.05, 3.63) is 34.2 Å². The van der Waals surface area contributed by atoms with Gasteiger partial charge in [-0.25, -0.2) is 9.37 Å². The second kappa shape index (κ2) is 5.87. The summed E-state index contributed by atoms with van der Waals surface area (Å²) >= 11 is 3.33. The summed E-state index contributed by atoms with van der Waals surface area (Å²) in [5, 5.41) is 4.11. The van der Waals surface area contributed by atoms with Crippen molar-refractivity contribution in [2.75, 3.05) is 11.9 Å². The van der Waals surface area contributed by atoms with E-state index in [1.807, 2.05) is 19.1 Å². The highest BCUT2D eigenvalue weighted by Crippen LogP contribution is 2.29. The molecule has 0 spiro atoms. The van der Waals surface area contributed by atoms with Crippen LogP contribution in [0.4, 0.5) is 10.1 Å². The van der Waals surface area contributed by atoms with Gasteiger partial charge in [-0.3, -0.25) is 0 Å². The van der Waals surface area contributed by atoms with E-state index in [1.54, 1.807) is 0 Å². The highest BCUT2D eigenvalue weighted by atomic mass is 79.9. The van der Waals surface area contributed by atoms with Crippen LogP contribution in [0.5, 0.6) is 0 Å². The third-order valence-electron chi connectivity index (χ3n) is 2.87. The minimum atomic E-state index is -0.283. The quantitative estimate of drug-likeness (QED) is 0.876. The first-order valence-electron chi connectivity index (χ1n) is 6.53. The SMILES string of the molecule is CCNc1cc(CC(C)C)nc2c(F)cc(Br)cc12. The van der Waals surface area contributed by atoms with E-state index in [0.717, 1.165) is 34.2 Å². The van der Waals surface area contributed by atoms with Gasteiger partial charge in [-0.2, -0.15) is 0 Å². The molecule has 2 nitrogen and oxygen atoms in total. The third-order valence-corrected chi connectivity index (χ3v) is 3.33. The second-order valence-corrected chi connectivity index (χ2v) is 5.99. The van der Waals surface area contributed by atoms with Crippen LogP contribution in [-0.2, 0) is 6.42 Å².